The zero-order valence-electron chi connectivity index (χ0n) is 31.1. The Morgan fingerprint density at radius 3 is 0.800 bits per heavy atom. The summed E-state index contributed by atoms with van der Waals surface area (Å²) in [6, 6.07) is 0. The van der Waals surface area contributed by atoms with Crippen molar-refractivity contribution in [3.05, 3.63) is 0 Å². The van der Waals surface area contributed by atoms with Crippen LogP contribution in [0.15, 0.2) is 0 Å². The van der Waals surface area contributed by atoms with Crippen LogP contribution < -0.4 is 51.4 Å². The quantitative estimate of drug-likeness (QED) is 0.0281. The van der Waals surface area contributed by atoms with Gasteiger partial charge in [0, 0.05) is 0 Å². The molecule has 0 aliphatic carbocycles. The smallest absolute Gasteiger partial charge is 0.726 e. The summed E-state index contributed by atoms with van der Waals surface area (Å²) in [5, 5.41) is 0. The van der Waals surface area contributed by atoms with E-state index >= 15 is 0 Å². The van der Waals surface area contributed by atoms with Crippen LogP contribution >= 0.6 is 0 Å². The maximum atomic E-state index is 11.0. The van der Waals surface area contributed by atoms with E-state index in [1.807, 2.05) is 0 Å². The maximum absolute atomic E-state index is 11.0. The fourth-order valence-electron chi connectivity index (χ4n) is 6.63. The van der Waals surface area contributed by atoms with Crippen LogP contribution in [0, 0.1) is 5.92 Å². The van der Waals surface area contributed by atoms with Crippen molar-refractivity contribution in [2.75, 3.05) is 6.61 Å². The van der Waals surface area contributed by atoms with Crippen LogP contribution in [0.3, 0.4) is 0 Å². The second-order valence-electron chi connectivity index (χ2n) is 14.1. The number of unbranched alkanes of at least 4 members (excludes halogenated alkanes) is 31. The molecule has 0 aromatic carbocycles. The molecule has 1 unspecified atom stereocenters. The Bertz CT molecular complexity index is 643. The van der Waals surface area contributed by atoms with Crippen molar-refractivity contribution in [3.63, 3.8) is 0 Å². The molecule has 0 heterocycles. The van der Waals surface area contributed by atoms with Crippen molar-refractivity contribution in [2.24, 2.45) is 5.92 Å². The summed E-state index contributed by atoms with van der Waals surface area (Å²) in [6.07, 6.45) is 46.8. The molecule has 0 aliphatic heterocycles. The van der Waals surface area contributed by atoms with Crippen molar-refractivity contribution in [2.45, 2.75) is 239 Å². The van der Waals surface area contributed by atoms with Crippen LogP contribution in [-0.4, -0.2) is 19.6 Å². The molecule has 0 aliphatic rings. The van der Waals surface area contributed by atoms with Gasteiger partial charge in [0.2, 0.25) is 10.4 Å². The Balaban J connectivity index is 0. The summed E-state index contributed by atoms with van der Waals surface area (Å²) in [4.78, 5) is 0. The average Bonchev–Trinajstić information content (AvgIpc) is 3.00. The summed E-state index contributed by atoms with van der Waals surface area (Å²) >= 11 is 0. The minimum absolute atomic E-state index is 0. The molecule has 0 aromatic rings. The second-order valence-corrected chi connectivity index (χ2v) is 15.1. The van der Waals surface area contributed by atoms with E-state index < -0.39 is 10.4 Å². The van der Waals surface area contributed by atoms with Crippen LogP contribution in [0.4, 0.5) is 0 Å². The van der Waals surface area contributed by atoms with Crippen molar-refractivity contribution in [1.82, 2.24) is 0 Å². The van der Waals surface area contributed by atoms with E-state index in [0.717, 1.165) is 25.7 Å². The molecule has 45 heavy (non-hydrogen) atoms. The average molecular weight is 683 g/mol. The molecule has 0 aromatic heterocycles. The summed E-state index contributed by atoms with van der Waals surface area (Å²) in [5.41, 5.74) is 0. The predicted octanol–water partition coefficient (Wildman–Crippen LogP) is 10.8. The zero-order valence-corrected chi connectivity index (χ0v) is 35.0. The monoisotopic (exact) mass is 683 g/mol. The van der Waals surface area contributed by atoms with Gasteiger partial charge in [-0.2, -0.15) is 0 Å². The first-order valence-electron chi connectivity index (χ1n) is 20.1. The molecule has 0 radical (unpaired) electrons. The first kappa shape index (κ1) is 48.6. The van der Waals surface area contributed by atoms with Gasteiger partial charge >= 0.3 is 51.4 Å². The van der Waals surface area contributed by atoms with E-state index in [4.69, 9.17) is 0 Å². The molecule has 0 saturated heterocycles. The van der Waals surface area contributed by atoms with E-state index in [2.05, 4.69) is 18.0 Å². The van der Waals surface area contributed by atoms with Gasteiger partial charge in [-0.05, 0) is 18.8 Å². The van der Waals surface area contributed by atoms with Gasteiger partial charge in [0.25, 0.3) is 0 Å². The Morgan fingerprint density at radius 1 is 0.400 bits per heavy atom. The van der Waals surface area contributed by atoms with Crippen molar-refractivity contribution in [3.8, 4) is 0 Å². The van der Waals surface area contributed by atoms with Gasteiger partial charge in [0.1, 0.15) is 0 Å². The third kappa shape index (κ3) is 43.5. The summed E-state index contributed by atoms with van der Waals surface area (Å²) in [6.45, 7) is 4.64. The van der Waals surface area contributed by atoms with Crippen molar-refractivity contribution >= 4 is 10.4 Å². The fraction of sp³-hybridized carbons (Fsp3) is 1.00. The van der Waals surface area contributed by atoms with Crippen LogP contribution in [0.1, 0.15) is 239 Å². The Labute approximate surface area is 326 Å². The number of hydrogen-bond donors (Lipinski definition) is 0. The Morgan fingerprint density at radius 2 is 0.600 bits per heavy atom. The van der Waals surface area contributed by atoms with Crippen molar-refractivity contribution < 1.29 is 68.5 Å². The fourth-order valence-corrected chi connectivity index (χ4v) is 6.99. The molecule has 4 nitrogen and oxygen atoms in total. The molecule has 266 valence electrons. The van der Waals surface area contributed by atoms with E-state index in [9.17, 15) is 13.0 Å². The number of hydrogen-bond acceptors (Lipinski definition) is 4. The molecular formula is C39H79KO4S. The third-order valence-corrected chi connectivity index (χ3v) is 10.1. The molecular weight excluding hydrogens is 604 g/mol. The molecule has 0 rings (SSSR count). The minimum atomic E-state index is -4.59. The molecule has 0 spiro atoms. The zero-order chi connectivity index (χ0) is 32.2. The standard InChI is InChI=1S/C39H80O4S.K/c1-3-5-7-9-11-13-15-17-19-20-21-23-25-27-29-31-33-35-37-39(38-43-44(40,41)42)36-34-32-30-28-26-24-22-18-16-14-12-10-8-6-4-2;/h39H,3-38H2,1-2H3,(H,40,41,42);/q;+1/p-1. The minimum Gasteiger partial charge on any atom is -0.726 e. The third-order valence-electron chi connectivity index (χ3n) is 9.63. The first-order valence-corrected chi connectivity index (χ1v) is 21.4. The first-order chi connectivity index (χ1) is 21.5. The maximum Gasteiger partial charge on any atom is 1.00 e. The molecule has 0 amide bonds. The molecule has 6 heteroatoms. The summed E-state index contributed by atoms with van der Waals surface area (Å²) in [7, 11) is -4.59. The topological polar surface area (TPSA) is 66.4 Å². The van der Waals surface area contributed by atoms with E-state index in [1.165, 1.54) is 199 Å². The van der Waals surface area contributed by atoms with Gasteiger partial charge in [-0.15, -0.1) is 0 Å². The van der Waals surface area contributed by atoms with Gasteiger partial charge in [-0.3, -0.25) is 4.18 Å². The largest absolute Gasteiger partial charge is 1.00 e. The Kier molecular flexibility index (Phi) is 43.2. The predicted molar refractivity (Wildman–Crippen MR) is 192 cm³/mol. The van der Waals surface area contributed by atoms with Gasteiger partial charge in [-0.25, -0.2) is 8.42 Å². The van der Waals surface area contributed by atoms with Crippen LogP contribution in [-0.2, 0) is 14.6 Å². The van der Waals surface area contributed by atoms with Crippen LogP contribution in [0.2, 0.25) is 0 Å². The normalized spacial score (nSPS) is 12.4. The van der Waals surface area contributed by atoms with E-state index in [-0.39, 0.29) is 63.9 Å². The molecule has 1 atom stereocenters. The SMILES string of the molecule is CCCCCCCCCCCCCCCCCCCCC(CCCCCCCCCCCCCCCCC)COS(=O)(=O)[O-].[K+]. The molecule has 0 bridgehead atoms. The van der Waals surface area contributed by atoms with Gasteiger partial charge in [-0.1, -0.05) is 226 Å². The summed E-state index contributed by atoms with van der Waals surface area (Å²) in [5.74, 6) is 0.196. The van der Waals surface area contributed by atoms with Crippen LogP contribution in [0.25, 0.3) is 0 Å². The second kappa shape index (κ2) is 39.9. The van der Waals surface area contributed by atoms with Crippen molar-refractivity contribution in [1.29, 1.82) is 0 Å². The van der Waals surface area contributed by atoms with Gasteiger partial charge < -0.3 is 4.55 Å². The molecule has 0 fully saturated rings. The Hall–Kier alpha value is 1.51. The molecule has 0 N–H and O–H groups in total. The van der Waals surface area contributed by atoms with E-state index in [0.29, 0.717) is 0 Å². The van der Waals surface area contributed by atoms with Gasteiger partial charge in [0.15, 0.2) is 0 Å². The molecule has 0 saturated carbocycles. The summed E-state index contributed by atoms with van der Waals surface area (Å²) < 4.78 is 37.7. The number of rotatable bonds is 38. The van der Waals surface area contributed by atoms with Crippen LogP contribution in [0.5, 0.6) is 0 Å². The van der Waals surface area contributed by atoms with Gasteiger partial charge in [0.05, 0.1) is 6.61 Å². The van der Waals surface area contributed by atoms with E-state index in [1.54, 1.807) is 0 Å².